The summed E-state index contributed by atoms with van der Waals surface area (Å²) in [5, 5.41) is 8.78. The molecule has 1 N–H and O–H groups in total. The van der Waals surface area contributed by atoms with Gasteiger partial charge in [-0.2, -0.15) is 5.10 Å². The van der Waals surface area contributed by atoms with Crippen LogP contribution in [0.5, 0.6) is 0 Å². The third-order valence-electron chi connectivity index (χ3n) is 4.41. The predicted octanol–water partition coefficient (Wildman–Crippen LogP) is 1.63. The van der Waals surface area contributed by atoms with E-state index < -0.39 is 33.6 Å². The number of carbonyl (C=O) groups is 2. The number of nitrogens with one attached hydrogen (secondary N) is 1. The summed E-state index contributed by atoms with van der Waals surface area (Å²) in [7, 11) is -3.12. The Morgan fingerprint density at radius 3 is 2.58 bits per heavy atom. The van der Waals surface area contributed by atoms with Gasteiger partial charge in [-0.05, 0) is 25.5 Å². The fraction of sp³-hybridized carbons (Fsp3) is 0.438. The molecule has 1 saturated heterocycles. The van der Waals surface area contributed by atoms with Crippen molar-refractivity contribution in [1.29, 1.82) is 0 Å². The molecule has 1 fully saturated rings. The van der Waals surface area contributed by atoms with Gasteiger partial charge in [-0.1, -0.05) is 29.3 Å². The van der Waals surface area contributed by atoms with Gasteiger partial charge in [0.25, 0.3) is 5.91 Å². The van der Waals surface area contributed by atoms with Crippen molar-refractivity contribution in [3.63, 3.8) is 0 Å². The molecule has 3 rings (SSSR count). The number of benzene rings is 1. The summed E-state index contributed by atoms with van der Waals surface area (Å²) in [6.45, 7) is 1.64. The molecule has 0 radical (unpaired) electrons. The van der Waals surface area contributed by atoms with Crippen LogP contribution in [-0.4, -0.2) is 48.5 Å². The van der Waals surface area contributed by atoms with E-state index >= 15 is 0 Å². The monoisotopic (exact) mass is 417 g/mol. The average molecular weight is 418 g/mol. The zero-order chi connectivity index (χ0) is 19.1. The fourth-order valence-electron chi connectivity index (χ4n) is 3.07. The lowest BCUT2D eigenvalue weighted by molar-refractivity contribution is -0.138. The van der Waals surface area contributed by atoms with E-state index in [9.17, 15) is 18.0 Å². The van der Waals surface area contributed by atoms with Crippen LogP contribution in [0, 0.1) is 5.92 Å². The van der Waals surface area contributed by atoms with Crippen molar-refractivity contribution < 1.29 is 18.0 Å². The summed E-state index contributed by atoms with van der Waals surface area (Å²) < 4.78 is 23.0. The highest BCUT2D eigenvalue weighted by Gasteiger charge is 2.41. The van der Waals surface area contributed by atoms with Crippen LogP contribution in [0.4, 0.5) is 0 Å². The van der Waals surface area contributed by atoms with Gasteiger partial charge in [-0.15, -0.1) is 0 Å². The third kappa shape index (κ3) is 3.87. The first kappa shape index (κ1) is 19.1. The molecule has 7 nitrogen and oxygen atoms in total. The zero-order valence-electron chi connectivity index (χ0n) is 13.9. The Hall–Kier alpha value is -1.64. The van der Waals surface area contributed by atoms with Gasteiger partial charge in [0.15, 0.2) is 15.8 Å². The van der Waals surface area contributed by atoms with Gasteiger partial charge in [-0.25, -0.2) is 13.4 Å². The summed E-state index contributed by atoms with van der Waals surface area (Å²) in [6.07, 6.45) is 0.351. The summed E-state index contributed by atoms with van der Waals surface area (Å²) in [5.41, 5.74) is 0.889. The maximum Gasteiger partial charge on any atom is 0.261 e. The molecule has 26 heavy (non-hydrogen) atoms. The Labute approximate surface area is 161 Å². The van der Waals surface area contributed by atoms with Crippen molar-refractivity contribution in [2.45, 2.75) is 25.9 Å². The number of nitrogens with zero attached hydrogens (tertiary/aromatic N) is 2. The number of sulfone groups is 1. The Morgan fingerprint density at radius 2 is 2.00 bits per heavy atom. The Bertz CT molecular complexity index is 881. The molecule has 0 spiro atoms. The molecule has 1 aromatic carbocycles. The van der Waals surface area contributed by atoms with Crippen molar-refractivity contribution >= 4 is 50.6 Å². The van der Waals surface area contributed by atoms with Crippen LogP contribution in [0.2, 0.25) is 10.0 Å². The number of hydrazone groups is 1. The molecule has 2 atom stereocenters. The van der Waals surface area contributed by atoms with Crippen LogP contribution in [0.15, 0.2) is 23.3 Å². The van der Waals surface area contributed by atoms with Crippen molar-refractivity contribution in [2.24, 2.45) is 11.0 Å². The first-order valence-corrected chi connectivity index (χ1v) is 10.6. The number of halogens is 2. The van der Waals surface area contributed by atoms with Crippen LogP contribution in [0.25, 0.3) is 0 Å². The summed E-state index contributed by atoms with van der Waals surface area (Å²) in [6, 6.07) is 4.54. The van der Waals surface area contributed by atoms with Gasteiger partial charge < -0.3 is 5.32 Å². The van der Waals surface area contributed by atoms with Gasteiger partial charge in [0.2, 0.25) is 5.91 Å². The van der Waals surface area contributed by atoms with Gasteiger partial charge in [0, 0.05) is 21.7 Å². The molecule has 10 heteroatoms. The minimum Gasteiger partial charge on any atom is -0.351 e. The lowest BCUT2D eigenvalue weighted by atomic mass is 10.0. The highest BCUT2D eigenvalue weighted by Crippen LogP contribution is 2.28. The fourth-order valence-corrected chi connectivity index (χ4v) is 5.26. The third-order valence-corrected chi connectivity index (χ3v) is 6.88. The number of hydrogen-bond acceptors (Lipinski definition) is 5. The lowest BCUT2D eigenvalue weighted by Gasteiger charge is -2.17. The van der Waals surface area contributed by atoms with Crippen LogP contribution < -0.4 is 5.32 Å². The van der Waals surface area contributed by atoms with Crippen molar-refractivity contribution in [1.82, 2.24) is 10.3 Å². The molecule has 0 aliphatic carbocycles. The van der Waals surface area contributed by atoms with E-state index in [2.05, 4.69) is 10.4 Å². The van der Waals surface area contributed by atoms with Gasteiger partial charge >= 0.3 is 0 Å². The number of rotatable bonds is 4. The molecule has 2 amide bonds. The molecule has 2 aliphatic heterocycles. The Morgan fingerprint density at radius 1 is 1.35 bits per heavy atom. The van der Waals surface area contributed by atoms with E-state index in [-0.39, 0.29) is 18.1 Å². The number of amides is 2. The SMILES string of the molecule is CC1=NN(Cc2c(Cl)cccc2Cl)C(=O)[C@@H]1C(=O)N[C@H]1CCS(=O)(=O)C1. The highest BCUT2D eigenvalue weighted by molar-refractivity contribution is 7.91. The second kappa shape index (κ2) is 7.17. The minimum atomic E-state index is -3.12. The van der Waals surface area contributed by atoms with Crippen LogP contribution in [-0.2, 0) is 26.0 Å². The van der Waals surface area contributed by atoms with Gasteiger partial charge in [0.05, 0.1) is 23.8 Å². The standard InChI is InChI=1S/C16H17Cl2N3O4S/c1-9-14(15(22)19-10-5-6-26(24,25)8-10)16(23)21(20-9)7-11-12(17)3-2-4-13(11)18/h2-4,10,14H,5-8H2,1H3,(H,19,22)/t10-,14-/m0/s1. The van der Waals surface area contributed by atoms with Crippen molar-refractivity contribution in [3.05, 3.63) is 33.8 Å². The second-order valence-corrected chi connectivity index (χ2v) is 9.42. The molecule has 140 valence electrons. The minimum absolute atomic E-state index is 0.0424. The predicted molar refractivity (Wildman–Crippen MR) is 98.8 cm³/mol. The lowest BCUT2D eigenvalue weighted by Crippen LogP contribution is -2.44. The molecule has 0 bridgehead atoms. The molecule has 2 aliphatic rings. The van der Waals surface area contributed by atoms with E-state index in [0.717, 1.165) is 5.01 Å². The zero-order valence-corrected chi connectivity index (χ0v) is 16.2. The summed E-state index contributed by atoms with van der Waals surface area (Å²) >= 11 is 12.2. The van der Waals surface area contributed by atoms with Crippen LogP contribution in [0.1, 0.15) is 18.9 Å². The van der Waals surface area contributed by atoms with E-state index in [0.29, 0.717) is 27.7 Å². The first-order chi connectivity index (χ1) is 12.2. The molecular formula is C16H17Cl2N3O4S. The molecular weight excluding hydrogens is 401 g/mol. The molecule has 1 aromatic rings. The molecule has 2 heterocycles. The highest BCUT2D eigenvalue weighted by atomic mass is 35.5. The number of carbonyl (C=O) groups excluding carboxylic acids is 2. The smallest absolute Gasteiger partial charge is 0.261 e. The molecule has 0 unspecified atom stereocenters. The van der Waals surface area contributed by atoms with E-state index in [1.54, 1.807) is 25.1 Å². The molecule has 0 saturated carbocycles. The first-order valence-electron chi connectivity index (χ1n) is 7.98. The van der Waals surface area contributed by atoms with E-state index in [1.807, 2.05) is 0 Å². The van der Waals surface area contributed by atoms with Gasteiger partial charge in [-0.3, -0.25) is 9.59 Å². The summed E-state index contributed by atoms with van der Waals surface area (Å²) in [5.74, 6) is -2.15. The number of hydrogen-bond donors (Lipinski definition) is 1. The van der Waals surface area contributed by atoms with Crippen LogP contribution >= 0.6 is 23.2 Å². The van der Waals surface area contributed by atoms with Crippen LogP contribution in [0.3, 0.4) is 0 Å². The normalized spacial score (nSPS) is 24.7. The van der Waals surface area contributed by atoms with Crippen molar-refractivity contribution in [3.8, 4) is 0 Å². The topological polar surface area (TPSA) is 95.9 Å². The Balaban J connectivity index is 1.71. The van der Waals surface area contributed by atoms with E-state index in [1.165, 1.54) is 0 Å². The quantitative estimate of drug-likeness (QED) is 0.752. The van der Waals surface area contributed by atoms with Gasteiger partial charge in [0.1, 0.15) is 0 Å². The Kier molecular flexibility index (Phi) is 5.28. The largest absolute Gasteiger partial charge is 0.351 e. The maximum absolute atomic E-state index is 12.6. The second-order valence-electron chi connectivity index (χ2n) is 6.38. The average Bonchev–Trinajstić information content (AvgIpc) is 3.02. The maximum atomic E-state index is 12.6. The van der Waals surface area contributed by atoms with E-state index in [4.69, 9.17) is 23.2 Å². The van der Waals surface area contributed by atoms with Crippen molar-refractivity contribution in [2.75, 3.05) is 11.5 Å². The molecule has 0 aromatic heterocycles. The summed E-state index contributed by atoms with van der Waals surface area (Å²) in [4.78, 5) is 25.1.